The van der Waals surface area contributed by atoms with Crippen LogP contribution in [0.2, 0.25) is 0 Å². The number of benzene rings is 2. The zero-order chi connectivity index (χ0) is 27.7. The van der Waals surface area contributed by atoms with E-state index in [2.05, 4.69) is 16.4 Å². The van der Waals surface area contributed by atoms with Crippen molar-refractivity contribution in [1.82, 2.24) is 14.8 Å². The van der Waals surface area contributed by atoms with Crippen LogP contribution in [0, 0.1) is 28.9 Å². The molecule has 4 bridgehead atoms. The number of amides is 3. The Labute approximate surface area is 222 Å². The summed E-state index contributed by atoms with van der Waals surface area (Å²) < 4.78 is 27.9. The first kappa shape index (κ1) is 26.0. The molecular weight excluding hydrogens is 508 g/mol. The number of ketones is 1. The molecule has 1 aromatic heterocycles. The third-order valence-corrected chi connectivity index (χ3v) is 7.19. The van der Waals surface area contributed by atoms with Crippen molar-refractivity contribution in [3.8, 4) is 6.07 Å². The lowest BCUT2D eigenvalue weighted by Crippen LogP contribution is -2.45. The predicted molar refractivity (Wildman–Crippen MR) is 137 cm³/mol. The topological polar surface area (TPSA) is 126 Å². The van der Waals surface area contributed by atoms with Crippen LogP contribution in [0.25, 0.3) is 10.9 Å². The number of anilines is 1. The van der Waals surface area contributed by atoms with Gasteiger partial charge in [0.2, 0.25) is 11.8 Å². The summed E-state index contributed by atoms with van der Waals surface area (Å²) >= 11 is 0. The highest BCUT2D eigenvalue weighted by Gasteiger charge is 2.39. The maximum absolute atomic E-state index is 14.3. The van der Waals surface area contributed by atoms with E-state index in [1.54, 1.807) is 24.3 Å². The Morgan fingerprint density at radius 2 is 1.82 bits per heavy atom. The molecule has 3 aromatic rings. The van der Waals surface area contributed by atoms with E-state index in [0.717, 1.165) is 12.1 Å². The summed E-state index contributed by atoms with van der Waals surface area (Å²) in [6.07, 6.45) is 1.19. The quantitative estimate of drug-likeness (QED) is 0.494. The molecule has 1 saturated heterocycles. The number of nitrogens with zero attached hydrogens (tertiary/aromatic N) is 3. The fraction of sp³-hybridized carbons (Fsp3) is 0.321. The van der Waals surface area contributed by atoms with Crippen molar-refractivity contribution in [3.05, 3.63) is 65.4 Å². The number of aromatic amines is 1. The number of carbonyl (C=O) groups is 4. The number of Topliss-reactive ketones (excluding diaryl/α,β-unsaturated/α-hetero) is 1. The molecule has 39 heavy (non-hydrogen) atoms. The van der Waals surface area contributed by atoms with E-state index in [-0.39, 0.29) is 60.8 Å². The molecule has 200 valence electrons. The molecule has 3 aliphatic heterocycles. The molecule has 9 nitrogen and oxygen atoms in total. The number of nitriles is 1. The number of carbonyl (C=O) groups excluding carboxylic acids is 4. The first-order chi connectivity index (χ1) is 18.7. The zero-order valence-electron chi connectivity index (χ0n) is 20.9. The molecule has 6 rings (SSSR count). The molecule has 0 radical (unpaired) electrons. The number of fused-ring (bicyclic) bond motifs is 11. The van der Waals surface area contributed by atoms with Crippen LogP contribution in [0.5, 0.6) is 0 Å². The predicted octanol–water partition coefficient (Wildman–Crippen LogP) is 3.63. The van der Waals surface area contributed by atoms with Crippen LogP contribution < -0.4 is 5.32 Å². The second kappa shape index (κ2) is 10.6. The molecule has 0 spiro atoms. The summed E-state index contributed by atoms with van der Waals surface area (Å²) in [4.78, 5) is 57.6. The summed E-state index contributed by atoms with van der Waals surface area (Å²) in [6, 6.07) is 10.8. The minimum absolute atomic E-state index is 0.0123. The molecule has 3 aliphatic rings. The van der Waals surface area contributed by atoms with Gasteiger partial charge in [-0.25, -0.2) is 8.78 Å². The van der Waals surface area contributed by atoms with E-state index in [1.807, 2.05) is 0 Å². The lowest BCUT2D eigenvalue weighted by molar-refractivity contribution is -0.132. The van der Waals surface area contributed by atoms with Crippen LogP contribution in [0.4, 0.5) is 14.5 Å². The normalized spacial score (nSPS) is 20.7. The third-order valence-electron chi connectivity index (χ3n) is 7.19. The van der Waals surface area contributed by atoms with Crippen LogP contribution in [0.1, 0.15) is 46.5 Å². The van der Waals surface area contributed by atoms with Crippen LogP contribution in [-0.2, 0) is 9.59 Å². The fourth-order valence-electron chi connectivity index (χ4n) is 5.09. The number of nitrogens with one attached hydrogen (secondary N) is 2. The van der Waals surface area contributed by atoms with Gasteiger partial charge >= 0.3 is 0 Å². The second-order valence-corrected chi connectivity index (χ2v) is 9.83. The van der Waals surface area contributed by atoms with Crippen LogP contribution in [0.3, 0.4) is 0 Å². The van der Waals surface area contributed by atoms with Crippen molar-refractivity contribution in [2.75, 3.05) is 25.0 Å². The van der Waals surface area contributed by atoms with E-state index >= 15 is 0 Å². The molecule has 11 heteroatoms. The van der Waals surface area contributed by atoms with Crippen molar-refractivity contribution >= 4 is 40.1 Å². The van der Waals surface area contributed by atoms with E-state index in [9.17, 15) is 33.2 Å². The Kier molecular flexibility index (Phi) is 7.11. The summed E-state index contributed by atoms with van der Waals surface area (Å²) in [5, 5.41) is 12.5. The number of rotatable bonds is 1. The van der Waals surface area contributed by atoms with Crippen LogP contribution >= 0.6 is 0 Å². The van der Waals surface area contributed by atoms with Gasteiger partial charge in [0.1, 0.15) is 29.9 Å². The molecule has 2 unspecified atom stereocenters. The average molecular weight is 534 g/mol. The number of halogens is 2. The highest BCUT2D eigenvalue weighted by Crippen LogP contribution is 2.26. The smallest absolute Gasteiger partial charge is 0.270 e. The minimum atomic E-state index is -0.839. The molecule has 1 fully saturated rings. The fourth-order valence-corrected chi connectivity index (χ4v) is 5.09. The van der Waals surface area contributed by atoms with E-state index < -0.39 is 35.4 Å². The lowest BCUT2D eigenvalue weighted by atomic mass is 10.0. The third kappa shape index (κ3) is 5.36. The zero-order valence-corrected chi connectivity index (χ0v) is 20.9. The largest absolute Gasteiger partial charge is 0.350 e. The van der Waals surface area contributed by atoms with Gasteiger partial charge in [-0.15, -0.1) is 0 Å². The summed E-state index contributed by atoms with van der Waals surface area (Å²) in [5.74, 6) is -3.83. The summed E-state index contributed by atoms with van der Waals surface area (Å²) in [7, 11) is 0. The summed E-state index contributed by atoms with van der Waals surface area (Å²) in [5.41, 5.74) is 1.07. The van der Waals surface area contributed by atoms with Crippen molar-refractivity contribution in [3.63, 3.8) is 0 Å². The van der Waals surface area contributed by atoms with Gasteiger partial charge in [0, 0.05) is 42.2 Å². The average Bonchev–Trinajstić information content (AvgIpc) is 3.55. The number of H-pyrrole nitrogens is 1. The van der Waals surface area contributed by atoms with Gasteiger partial charge in [-0.3, -0.25) is 19.2 Å². The van der Waals surface area contributed by atoms with Gasteiger partial charge in [0.15, 0.2) is 5.78 Å². The Bertz CT molecular complexity index is 1510. The van der Waals surface area contributed by atoms with Gasteiger partial charge in [-0.05, 0) is 55.7 Å². The Hall–Kier alpha value is -4.59. The SMILES string of the molecule is N#CC1CC2CN1C(=O)CN(C(=O)c1cc3c(F)cc(F)cc3[nH]1)CCCCC(=O)c1ccc(cc1)NC2=O. The first-order valence-electron chi connectivity index (χ1n) is 12.6. The Balaban J connectivity index is 1.43. The van der Waals surface area contributed by atoms with Gasteiger partial charge in [-0.2, -0.15) is 5.26 Å². The number of hydrogen-bond acceptors (Lipinski definition) is 5. The van der Waals surface area contributed by atoms with Crippen LogP contribution in [-0.4, -0.2) is 64.0 Å². The highest BCUT2D eigenvalue weighted by molar-refractivity contribution is 6.00. The second-order valence-electron chi connectivity index (χ2n) is 9.83. The first-order valence-corrected chi connectivity index (χ1v) is 12.6. The minimum Gasteiger partial charge on any atom is -0.350 e. The Morgan fingerprint density at radius 1 is 1.05 bits per heavy atom. The van der Waals surface area contributed by atoms with Gasteiger partial charge in [0.05, 0.1) is 17.5 Å². The molecule has 0 aliphatic carbocycles. The maximum atomic E-state index is 14.3. The van der Waals surface area contributed by atoms with Crippen molar-refractivity contribution < 1.29 is 28.0 Å². The Morgan fingerprint density at radius 3 is 2.56 bits per heavy atom. The number of hydrogen-bond donors (Lipinski definition) is 2. The molecule has 2 N–H and O–H groups in total. The molecular formula is C28H25F2N5O4. The number of aromatic nitrogens is 1. The molecule has 4 heterocycles. The molecule has 0 saturated carbocycles. The van der Waals surface area contributed by atoms with Gasteiger partial charge in [0.25, 0.3) is 5.91 Å². The van der Waals surface area contributed by atoms with E-state index in [4.69, 9.17) is 0 Å². The van der Waals surface area contributed by atoms with Crippen molar-refractivity contribution in [1.29, 1.82) is 5.26 Å². The lowest BCUT2D eigenvalue weighted by Gasteiger charge is -2.26. The molecule has 2 aromatic carbocycles. The van der Waals surface area contributed by atoms with Gasteiger partial charge in [-0.1, -0.05) is 0 Å². The standard InChI is InChI=1S/C28H25F2N5O4/c29-18-10-22(30)21-12-24(33-23(21)11-18)28(39)34-8-2-1-3-25(36)16-4-6-19(7-5-16)32-27(38)17-9-20(13-31)35(14-17)26(37)15-34/h4-7,10-12,17,20,33H,1-3,8-9,14-15H2,(H,32,38). The van der Waals surface area contributed by atoms with Gasteiger partial charge < -0.3 is 20.1 Å². The molecule has 3 amide bonds. The van der Waals surface area contributed by atoms with Crippen molar-refractivity contribution in [2.45, 2.75) is 31.7 Å². The summed E-state index contributed by atoms with van der Waals surface area (Å²) in [6.45, 7) is -0.264. The maximum Gasteiger partial charge on any atom is 0.270 e. The van der Waals surface area contributed by atoms with Crippen LogP contribution in [0.15, 0.2) is 42.5 Å². The van der Waals surface area contributed by atoms with E-state index in [1.165, 1.54) is 15.9 Å². The molecule has 2 atom stereocenters. The highest BCUT2D eigenvalue weighted by atomic mass is 19.1. The van der Waals surface area contributed by atoms with E-state index in [0.29, 0.717) is 24.1 Å². The van der Waals surface area contributed by atoms with Crippen molar-refractivity contribution in [2.24, 2.45) is 5.92 Å². The monoisotopic (exact) mass is 533 g/mol.